The monoisotopic (exact) mass is 287 g/mol. The number of nitrogens with zero attached hydrogens (tertiary/aromatic N) is 1. The molecule has 98 valence electrons. The number of hydrogen-bond donors (Lipinski definition) is 1. The second-order valence-corrected chi connectivity index (χ2v) is 6.81. The Bertz CT molecular complexity index is 556. The number of anilines is 1. The van der Waals surface area contributed by atoms with Crippen LogP contribution in [0.25, 0.3) is 0 Å². The minimum Gasteiger partial charge on any atom is -0.547 e. The molecule has 1 aromatic carbocycles. The van der Waals surface area contributed by atoms with E-state index in [-0.39, 0.29) is 11.4 Å². The van der Waals surface area contributed by atoms with Gasteiger partial charge < -0.3 is 15.6 Å². The van der Waals surface area contributed by atoms with Gasteiger partial charge in [0.2, 0.25) is 10.0 Å². The topological polar surface area (TPSA) is 104 Å². The summed E-state index contributed by atoms with van der Waals surface area (Å²) in [5.41, 5.74) is 5.93. The van der Waals surface area contributed by atoms with Gasteiger partial charge in [0.1, 0.15) is 5.37 Å². The molecule has 8 heteroatoms. The zero-order chi connectivity index (χ0) is 13.3. The Kier molecular flexibility index (Phi) is 3.51. The van der Waals surface area contributed by atoms with E-state index in [2.05, 4.69) is 0 Å². The second kappa shape index (κ2) is 4.79. The van der Waals surface area contributed by atoms with Crippen molar-refractivity contribution in [3.8, 4) is 0 Å². The fourth-order valence-electron chi connectivity index (χ4n) is 1.66. The van der Waals surface area contributed by atoms with E-state index in [9.17, 15) is 18.3 Å². The molecule has 0 saturated carbocycles. The van der Waals surface area contributed by atoms with Crippen LogP contribution in [-0.4, -0.2) is 36.4 Å². The van der Waals surface area contributed by atoms with Gasteiger partial charge in [-0.2, -0.15) is 4.31 Å². The zero-order valence-electron chi connectivity index (χ0n) is 9.28. The Balaban J connectivity index is 2.36. The van der Waals surface area contributed by atoms with E-state index in [1.807, 2.05) is 0 Å². The summed E-state index contributed by atoms with van der Waals surface area (Å²) in [7, 11) is -3.81. The van der Waals surface area contributed by atoms with Crippen LogP contribution in [0.1, 0.15) is 0 Å². The molecule has 1 heterocycles. The summed E-state index contributed by atoms with van der Waals surface area (Å²) >= 11 is 1.04. The van der Waals surface area contributed by atoms with Crippen molar-refractivity contribution in [2.45, 2.75) is 10.3 Å². The molecule has 1 aliphatic rings. The average molecular weight is 287 g/mol. The number of carbonyl (C=O) groups is 1. The smallest absolute Gasteiger partial charge is 0.244 e. The molecule has 0 aliphatic carbocycles. The summed E-state index contributed by atoms with van der Waals surface area (Å²) in [5.74, 6) is -0.955. The highest BCUT2D eigenvalue weighted by atomic mass is 32.2. The van der Waals surface area contributed by atoms with Crippen molar-refractivity contribution in [3.63, 3.8) is 0 Å². The number of carbonyl (C=O) groups excluding carboxylic acids is 1. The summed E-state index contributed by atoms with van der Waals surface area (Å²) in [6.07, 6.45) is 0. The molecule has 6 nitrogen and oxygen atoms in total. The number of benzene rings is 1. The molecule has 1 fully saturated rings. The SMILES string of the molecule is Nc1ccc(S(=O)(=O)N2CCS[C@H]2C(=O)[O-])cc1. The number of rotatable bonds is 3. The number of hydrogen-bond acceptors (Lipinski definition) is 6. The first-order valence-electron chi connectivity index (χ1n) is 5.13. The molecule has 1 aliphatic heterocycles. The van der Waals surface area contributed by atoms with Crippen LogP contribution in [0.4, 0.5) is 5.69 Å². The van der Waals surface area contributed by atoms with Crippen LogP contribution >= 0.6 is 11.8 Å². The highest BCUT2D eigenvalue weighted by molar-refractivity contribution is 8.02. The Morgan fingerprint density at radius 1 is 1.39 bits per heavy atom. The number of carboxylic acids is 1. The first-order chi connectivity index (χ1) is 8.43. The molecule has 1 saturated heterocycles. The van der Waals surface area contributed by atoms with Gasteiger partial charge in [0, 0.05) is 18.0 Å². The van der Waals surface area contributed by atoms with Gasteiger partial charge >= 0.3 is 0 Å². The van der Waals surface area contributed by atoms with Crippen LogP contribution in [0.2, 0.25) is 0 Å². The number of aliphatic carboxylic acids is 1. The Hall–Kier alpha value is -1.25. The Morgan fingerprint density at radius 3 is 2.56 bits per heavy atom. The molecule has 0 radical (unpaired) electrons. The van der Waals surface area contributed by atoms with E-state index < -0.39 is 21.4 Å². The van der Waals surface area contributed by atoms with Crippen molar-refractivity contribution in [3.05, 3.63) is 24.3 Å². The maximum Gasteiger partial charge on any atom is 0.244 e. The first kappa shape index (κ1) is 13.2. The zero-order valence-corrected chi connectivity index (χ0v) is 10.9. The lowest BCUT2D eigenvalue weighted by molar-refractivity contribution is -0.306. The number of thioether (sulfide) groups is 1. The fourth-order valence-corrected chi connectivity index (χ4v) is 4.65. The van der Waals surface area contributed by atoms with Gasteiger partial charge in [-0.15, -0.1) is 11.8 Å². The van der Waals surface area contributed by atoms with Crippen LogP contribution in [-0.2, 0) is 14.8 Å². The number of sulfonamides is 1. The predicted octanol–water partition coefficient (Wildman–Crippen LogP) is -0.918. The molecule has 1 atom stereocenters. The third kappa shape index (κ3) is 2.31. The van der Waals surface area contributed by atoms with Gasteiger partial charge in [-0.1, -0.05) is 0 Å². The molecule has 0 bridgehead atoms. The Labute approximate surface area is 109 Å². The third-order valence-electron chi connectivity index (χ3n) is 2.54. The van der Waals surface area contributed by atoms with Crippen LogP contribution < -0.4 is 10.8 Å². The summed E-state index contributed by atoms with van der Waals surface area (Å²) in [6.45, 7) is 0.163. The summed E-state index contributed by atoms with van der Waals surface area (Å²) in [6, 6.07) is 5.65. The quantitative estimate of drug-likeness (QED) is 0.721. The second-order valence-electron chi connectivity index (χ2n) is 3.73. The van der Waals surface area contributed by atoms with Gasteiger partial charge in [-0.05, 0) is 24.3 Å². The number of nitrogen functional groups attached to an aromatic ring is 1. The molecule has 18 heavy (non-hydrogen) atoms. The molecule has 0 aromatic heterocycles. The van der Waals surface area contributed by atoms with Crippen molar-refractivity contribution in [2.24, 2.45) is 0 Å². The molecule has 0 amide bonds. The third-order valence-corrected chi connectivity index (χ3v) is 5.73. The van der Waals surface area contributed by atoms with Crippen LogP contribution in [0.3, 0.4) is 0 Å². The molecule has 2 rings (SSSR count). The summed E-state index contributed by atoms with van der Waals surface area (Å²) in [4.78, 5) is 10.9. The molecule has 1 aromatic rings. The normalized spacial score (nSPS) is 21.0. The largest absolute Gasteiger partial charge is 0.547 e. The van der Waals surface area contributed by atoms with Crippen molar-refractivity contribution >= 4 is 33.4 Å². The highest BCUT2D eigenvalue weighted by Gasteiger charge is 2.36. The maximum absolute atomic E-state index is 12.2. The molecule has 0 unspecified atom stereocenters. The van der Waals surface area contributed by atoms with Crippen LogP contribution in [0, 0.1) is 0 Å². The van der Waals surface area contributed by atoms with E-state index in [0.717, 1.165) is 16.1 Å². The highest BCUT2D eigenvalue weighted by Crippen LogP contribution is 2.29. The van der Waals surface area contributed by atoms with Gasteiger partial charge in [-0.3, -0.25) is 0 Å². The minimum absolute atomic E-state index is 0.0328. The van der Waals surface area contributed by atoms with Crippen molar-refractivity contribution < 1.29 is 18.3 Å². The van der Waals surface area contributed by atoms with Crippen molar-refractivity contribution in [1.82, 2.24) is 4.31 Å². The average Bonchev–Trinajstić information content (AvgIpc) is 2.79. The van der Waals surface area contributed by atoms with E-state index >= 15 is 0 Å². The molecule has 0 spiro atoms. The lowest BCUT2D eigenvalue weighted by Crippen LogP contribution is -2.45. The van der Waals surface area contributed by atoms with E-state index in [0.29, 0.717) is 11.4 Å². The molecular formula is C10H11N2O4S2-. The lowest BCUT2D eigenvalue weighted by atomic mass is 10.3. The van der Waals surface area contributed by atoms with E-state index in [1.54, 1.807) is 0 Å². The molecular weight excluding hydrogens is 276 g/mol. The van der Waals surface area contributed by atoms with Crippen molar-refractivity contribution in [1.29, 1.82) is 0 Å². The van der Waals surface area contributed by atoms with Crippen LogP contribution in [0.5, 0.6) is 0 Å². The number of carboxylic acid groups (broad SMARTS) is 1. The van der Waals surface area contributed by atoms with Crippen molar-refractivity contribution in [2.75, 3.05) is 18.0 Å². The predicted molar refractivity (Wildman–Crippen MR) is 66.0 cm³/mol. The minimum atomic E-state index is -3.81. The van der Waals surface area contributed by atoms with E-state index in [1.165, 1.54) is 24.3 Å². The fraction of sp³-hybridized carbons (Fsp3) is 0.300. The Morgan fingerprint density at radius 2 is 2.00 bits per heavy atom. The van der Waals surface area contributed by atoms with E-state index in [4.69, 9.17) is 5.73 Å². The lowest BCUT2D eigenvalue weighted by Gasteiger charge is -2.23. The van der Waals surface area contributed by atoms with Gasteiger partial charge in [-0.25, -0.2) is 8.42 Å². The first-order valence-corrected chi connectivity index (χ1v) is 7.61. The van der Waals surface area contributed by atoms with Gasteiger partial charge in [0.05, 0.1) is 10.9 Å². The standard InChI is InChI=1S/C10H12N2O4S2/c11-7-1-3-8(4-2-7)18(15,16)12-5-6-17-9(12)10(13)14/h1-4,9H,5-6,11H2,(H,13,14)/p-1/t9-/m0/s1. The summed E-state index contributed by atoms with van der Waals surface area (Å²) in [5, 5.41) is 9.73. The maximum atomic E-state index is 12.2. The summed E-state index contributed by atoms with van der Waals surface area (Å²) < 4.78 is 25.4. The van der Waals surface area contributed by atoms with Crippen LogP contribution in [0.15, 0.2) is 29.2 Å². The van der Waals surface area contributed by atoms with Gasteiger partial charge in [0.25, 0.3) is 0 Å². The van der Waals surface area contributed by atoms with Gasteiger partial charge in [0.15, 0.2) is 0 Å². The number of nitrogens with two attached hydrogens (primary N) is 1. The molecule has 2 N–H and O–H groups in total.